The van der Waals surface area contributed by atoms with Gasteiger partial charge in [-0.05, 0) is 29.3 Å². The van der Waals surface area contributed by atoms with Gasteiger partial charge in [-0.2, -0.15) is 15.8 Å². The lowest BCUT2D eigenvalue weighted by Gasteiger charge is -2.46. The zero-order chi connectivity index (χ0) is 19.1. The molecule has 0 saturated heterocycles. The van der Waals surface area contributed by atoms with Crippen LogP contribution >= 0.6 is 23.2 Å². The number of benzene rings is 1. The third-order valence-electron chi connectivity index (χ3n) is 5.38. The van der Waals surface area contributed by atoms with Crippen molar-refractivity contribution in [3.05, 3.63) is 45.5 Å². The summed E-state index contributed by atoms with van der Waals surface area (Å²) in [6, 6.07) is 11.3. The molecule has 2 aliphatic rings. The molecule has 0 bridgehead atoms. The predicted octanol–water partition coefficient (Wildman–Crippen LogP) is 2.35. The standard InChI is InChI=1S/C19H15Cl2N5/c1-26-5-4-12-13(7-22)18(25)19(9-23,10-24)17(14(12)8-26)11-2-3-15(20)16(21)6-11/h2-4,6,13-14,17,25H,5,8H2,1H3/p+1/t13?,14-,17-/m1/s1. The Morgan fingerprint density at radius 3 is 2.46 bits per heavy atom. The number of nitrogens with zero attached hydrogens (tertiary/aromatic N) is 3. The number of fused-ring (bicyclic) bond motifs is 1. The normalized spacial score (nSPS) is 29.5. The van der Waals surface area contributed by atoms with Crippen LogP contribution in [0.5, 0.6) is 0 Å². The largest absolute Gasteiger partial charge is 0.334 e. The van der Waals surface area contributed by atoms with E-state index >= 15 is 0 Å². The third-order valence-corrected chi connectivity index (χ3v) is 6.12. The van der Waals surface area contributed by atoms with E-state index in [4.69, 9.17) is 28.6 Å². The lowest BCUT2D eigenvalue weighted by Crippen LogP contribution is -3.10. The second kappa shape index (κ2) is 6.75. The number of halogens is 2. The Morgan fingerprint density at radius 1 is 1.19 bits per heavy atom. The first-order valence-corrected chi connectivity index (χ1v) is 8.92. The van der Waals surface area contributed by atoms with Crippen molar-refractivity contribution in [2.75, 3.05) is 20.1 Å². The fourth-order valence-electron chi connectivity index (χ4n) is 4.14. The number of likely N-dealkylation sites (N-methyl/N-ethyl adjacent to an activating group) is 1. The van der Waals surface area contributed by atoms with Gasteiger partial charge in [-0.1, -0.05) is 29.3 Å². The third kappa shape index (κ3) is 2.59. The van der Waals surface area contributed by atoms with E-state index in [0.29, 0.717) is 22.2 Å². The molecule has 5 nitrogen and oxygen atoms in total. The van der Waals surface area contributed by atoms with Crippen molar-refractivity contribution in [2.45, 2.75) is 5.92 Å². The van der Waals surface area contributed by atoms with Crippen LogP contribution in [0.4, 0.5) is 0 Å². The highest BCUT2D eigenvalue weighted by atomic mass is 35.5. The Bertz CT molecular complexity index is 917. The average molecular weight is 385 g/mol. The van der Waals surface area contributed by atoms with Crippen molar-refractivity contribution in [3.8, 4) is 18.2 Å². The van der Waals surface area contributed by atoms with Gasteiger partial charge in [0.15, 0.2) is 5.41 Å². The summed E-state index contributed by atoms with van der Waals surface area (Å²) in [5.41, 5.74) is -0.338. The van der Waals surface area contributed by atoms with Crippen LogP contribution in [-0.2, 0) is 0 Å². The molecule has 1 aliphatic heterocycles. The molecular formula is C19H16Cl2N5+. The summed E-state index contributed by atoms with van der Waals surface area (Å²) in [4.78, 5) is 1.22. The fourth-order valence-corrected chi connectivity index (χ4v) is 4.44. The van der Waals surface area contributed by atoms with Crippen LogP contribution in [0.1, 0.15) is 11.5 Å². The van der Waals surface area contributed by atoms with Crippen LogP contribution in [0.15, 0.2) is 29.8 Å². The van der Waals surface area contributed by atoms with Crippen LogP contribution < -0.4 is 4.90 Å². The Hall–Kier alpha value is -2.36. The van der Waals surface area contributed by atoms with Crippen LogP contribution in [0.25, 0.3) is 0 Å². The topological polar surface area (TPSA) is 99.7 Å². The van der Waals surface area contributed by atoms with E-state index in [9.17, 15) is 15.8 Å². The molecule has 130 valence electrons. The quantitative estimate of drug-likeness (QED) is 0.726. The van der Waals surface area contributed by atoms with Gasteiger partial charge in [0.1, 0.15) is 5.92 Å². The van der Waals surface area contributed by atoms with Gasteiger partial charge in [0.05, 0.1) is 54.1 Å². The van der Waals surface area contributed by atoms with E-state index in [0.717, 1.165) is 12.1 Å². The van der Waals surface area contributed by atoms with Gasteiger partial charge in [-0.15, -0.1) is 0 Å². The molecule has 0 radical (unpaired) electrons. The molecule has 4 atom stereocenters. The molecular weight excluding hydrogens is 369 g/mol. The number of nitrogens with one attached hydrogen (secondary N) is 2. The Kier molecular flexibility index (Phi) is 4.78. The van der Waals surface area contributed by atoms with E-state index in [1.807, 2.05) is 13.1 Å². The Morgan fingerprint density at radius 2 is 1.88 bits per heavy atom. The summed E-state index contributed by atoms with van der Waals surface area (Å²) in [5, 5.41) is 38.7. The van der Waals surface area contributed by atoms with Gasteiger partial charge >= 0.3 is 0 Å². The first-order valence-electron chi connectivity index (χ1n) is 8.16. The molecule has 0 aromatic heterocycles. The van der Waals surface area contributed by atoms with Crippen molar-refractivity contribution in [1.82, 2.24) is 0 Å². The van der Waals surface area contributed by atoms with Crippen LogP contribution in [0.2, 0.25) is 10.0 Å². The van der Waals surface area contributed by atoms with Gasteiger partial charge in [0, 0.05) is 11.8 Å². The maximum atomic E-state index is 9.93. The monoisotopic (exact) mass is 384 g/mol. The Labute approximate surface area is 162 Å². The van der Waals surface area contributed by atoms with Crippen molar-refractivity contribution in [1.29, 1.82) is 21.2 Å². The van der Waals surface area contributed by atoms with Crippen molar-refractivity contribution >= 4 is 28.9 Å². The minimum atomic E-state index is -1.71. The SMILES string of the molecule is C[NH+]1CC=C2C(C#N)C(=N)C(C#N)(C#N)[C@H](c3ccc(Cl)c(Cl)c3)[C@@H]2C1. The van der Waals surface area contributed by atoms with Crippen LogP contribution in [0, 0.1) is 56.7 Å². The summed E-state index contributed by atoms with van der Waals surface area (Å²) < 4.78 is 0. The van der Waals surface area contributed by atoms with Crippen molar-refractivity contribution in [2.24, 2.45) is 17.3 Å². The van der Waals surface area contributed by atoms with E-state index in [-0.39, 0.29) is 11.6 Å². The molecule has 0 amide bonds. The number of quaternary nitrogens is 1. The molecule has 1 heterocycles. The highest BCUT2D eigenvalue weighted by Gasteiger charge is 2.58. The average Bonchev–Trinajstić information content (AvgIpc) is 2.63. The first-order chi connectivity index (χ1) is 12.4. The molecule has 2 unspecified atom stereocenters. The number of hydrogen-bond donors (Lipinski definition) is 2. The smallest absolute Gasteiger partial charge is 0.189 e. The molecule has 7 heteroatoms. The van der Waals surface area contributed by atoms with Gasteiger partial charge in [0.25, 0.3) is 0 Å². The summed E-state index contributed by atoms with van der Waals surface area (Å²) in [7, 11) is 2.03. The molecule has 3 rings (SSSR count). The zero-order valence-corrected chi connectivity index (χ0v) is 15.6. The maximum Gasteiger partial charge on any atom is 0.189 e. The second-order valence-corrected chi connectivity index (χ2v) is 7.65. The molecule has 1 aromatic carbocycles. The van der Waals surface area contributed by atoms with Crippen molar-refractivity contribution in [3.63, 3.8) is 0 Å². The minimum absolute atomic E-state index is 0.150. The molecule has 1 fully saturated rings. The summed E-state index contributed by atoms with van der Waals surface area (Å²) >= 11 is 12.2. The summed E-state index contributed by atoms with van der Waals surface area (Å²) in [6.45, 7) is 1.42. The van der Waals surface area contributed by atoms with E-state index in [1.54, 1.807) is 18.2 Å². The highest BCUT2D eigenvalue weighted by Crippen LogP contribution is 2.52. The van der Waals surface area contributed by atoms with Gasteiger partial charge < -0.3 is 10.3 Å². The van der Waals surface area contributed by atoms with Crippen LogP contribution in [-0.4, -0.2) is 25.8 Å². The summed E-state index contributed by atoms with van der Waals surface area (Å²) in [5.74, 6) is -1.61. The van der Waals surface area contributed by atoms with Gasteiger partial charge in [0.2, 0.25) is 0 Å². The molecule has 2 N–H and O–H groups in total. The van der Waals surface area contributed by atoms with E-state index in [1.165, 1.54) is 4.90 Å². The van der Waals surface area contributed by atoms with Crippen molar-refractivity contribution < 1.29 is 4.90 Å². The first kappa shape index (κ1) is 18.4. The number of hydrogen-bond acceptors (Lipinski definition) is 4. The fraction of sp³-hybridized carbons (Fsp3) is 0.368. The number of nitriles is 3. The van der Waals surface area contributed by atoms with Crippen LogP contribution in [0.3, 0.4) is 0 Å². The lowest BCUT2D eigenvalue weighted by atomic mass is 9.54. The maximum absolute atomic E-state index is 9.93. The Balaban J connectivity index is 2.28. The van der Waals surface area contributed by atoms with E-state index < -0.39 is 17.3 Å². The highest BCUT2D eigenvalue weighted by molar-refractivity contribution is 6.42. The number of rotatable bonds is 1. The van der Waals surface area contributed by atoms with Gasteiger partial charge in [-0.25, -0.2) is 0 Å². The van der Waals surface area contributed by atoms with Gasteiger partial charge in [-0.3, -0.25) is 0 Å². The molecule has 26 heavy (non-hydrogen) atoms. The summed E-state index contributed by atoms with van der Waals surface area (Å²) in [6.07, 6.45) is 1.98. The molecule has 0 spiro atoms. The molecule has 1 aromatic rings. The second-order valence-electron chi connectivity index (χ2n) is 6.83. The predicted molar refractivity (Wildman–Crippen MR) is 97.9 cm³/mol. The minimum Gasteiger partial charge on any atom is -0.334 e. The molecule has 1 aliphatic carbocycles. The lowest BCUT2D eigenvalue weighted by molar-refractivity contribution is -0.878. The van der Waals surface area contributed by atoms with E-state index in [2.05, 4.69) is 18.2 Å². The zero-order valence-electron chi connectivity index (χ0n) is 14.1. The molecule has 1 saturated carbocycles.